The summed E-state index contributed by atoms with van der Waals surface area (Å²) < 4.78 is 5.76. The highest BCUT2D eigenvalue weighted by atomic mass is 32.2. The number of fused-ring (bicyclic) bond motifs is 2. The van der Waals surface area contributed by atoms with Gasteiger partial charge in [0.15, 0.2) is 5.12 Å². The zero-order valence-corrected chi connectivity index (χ0v) is 26.1. The largest absolute Gasteiger partial charge is 0.456 e. The average Bonchev–Trinajstić information content (AvgIpc) is 2.93. The molecule has 2 amide bonds. The minimum Gasteiger partial charge on any atom is -0.456 e. The molecule has 3 atom stereocenters. The van der Waals surface area contributed by atoms with Crippen molar-refractivity contribution in [2.45, 2.75) is 117 Å². The molecule has 41 heavy (non-hydrogen) atoms. The van der Waals surface area contributed by atoms with Gasteiger partial charge in [-0.25, -0.2) is 4.79 Å². The molecule has 1 aromatic rings. The predicted octanol–water partition coefficient (Wildman–Crippen LogP) is 5.68. The molecule has 1 unspecified atom stereocenters. The van der Waals surface area contributed by atoms with Crippen LogP contribution in [0.25, 0.3) is 0 Å². The van der Waals surface area contributed by atoms with E-state index in [0.29, 0.717) is 25.0 Å². The van der Waals surface area contributed by atoms with E-state index in [1.54, 1.807) is 6.08 Å². The van der Waals surface area contributed by atoms with Gasteiger partial charge in [0.2, 0.25) is 11.8 Å². The average molecular weight is 588 g/mol. The first-order valence-electron chi connectivity index (χ1n) is 15.2. The van der Waals surface area contributed by atoms with E-state index in [0.717, 1.165) is 30.7 Å². The van der Waals surface area contributed by atoms with Crippen LogP contribution in [0.5, 0.6) is 0 Å². The summed E-state index contributed by atoms with van der Waals surface area (Å²) in [5.74, 6) is -0.515. The first-order chi connectivity index (χ1) is 19.7. The van der Waals surface area contributed by atoms with Crippen LogP contribution in [0.2, 0.25) is 0 Å². The Kier molecular flexibility index (Phi) is 16.4. The van der Waals surface area contributed by atoms with Crippen molar-refractivity contribution < 1.29 is 23.9 Å². The molecular formula is C32H49N3O5S. The number of thioether (sulfide) groups is 1. The number of allylic oxidation sites excluding steroid dienone is 1. The third-order valence-electron chi connectivity index (χ3n) is 7.15. The Balaban J connectivity index is 2.06. The van der Waals surface area contributed by atoms with Crippen LogP contribution in [-0.2, 0) is 36.9 Å². The number of ether oxygens (including phenoxy) is 1. The number of amides is 2. The lowest BCUT2D eigenvalue weighted by Crippen LogP contribution is -2.47. The van der Waals surface area contributed by atoms with Crippen LogP contribution in [0, 0.1) is 11.8 Å². The molecule has 2 rings (SSSR count). The molecule has 8 nitrogen and oxygen atoms in total. The summed E-state index contributed by atoms with van der Waals surface area (Å²) in [7, 11) is 0. The number of aromatic nitrogens is 1. The summed E-state index contributed by atoms with van der Waals surface area (Å²) in [6.07, 6.45) is 11.2. The molecule has 0 radical (unpaired) electrons. The molecule has 0 fully saturated rings. The number of nitrogens with zero attached hydrogens (tertiary/aromatic N) is 1. The number of pyridine rings is 1. The maximum absolute atomic E-state index is 13.2. The highest BCUT2D eigenvalue weighted by Gasteiger charge is 2.29. The number of cyclic esters (lactones) is 1. The number of unbranched alkanes of at least 4 members (excludes halogenated alkanes) is 4. The van der Waals surface area contributed by atoms with Gasteiger partial charge in [-0.05, 0) is 49.3 Å². The summed E-state index contributed by atoms with van der Waals surface area (Å²) in [4.78, 5) is 55.7. The quantitative estimate of drug-likeness (QED) is 0.184. The molecule has 2 N–H and O–H groups in total. The molecule has 2 bridgehead atoms. The standard InChI is InChI=1S/C32H49N3O5S/c1-5-7-8-9-10-17-30(38)41-18-12-11-16-27-21-28(36)33-22-26-15-13-14-25(34-26)19-24(6-2)20-29(37)35-31(23(3)4)32(39)40-27/h11,13-16,23-24,27,31H,5-10,12,17-22H2,1-4H3,(H,33,36)(H,35,37)/b16-11+/t24?,27-,31+/m1/s1. The van der Waals surface area contributed by atoms with Gasteiger partial charge in [-0.1, -0.05) is 83.7 Å². The van der Waals surface area contributed by atoms with E-state index < -0.39 is 18.1 Å². The molecule has 1 aliphatic rings. The van der Waals surface area contributed by atoms with E-state index in [1.807, 2.05) is 45.0 Å². The van der Waals surface area contributed by atoms with Crippen LogP contribution >= 0.6 is 11.8 Å². The number of nitrogens with one attached hydrogen (secondary N) is 2. The first kappa shape index (κ1) is 34.5. The van der Waals surface area contributed by atoms with E-state index in [-0.39, 0.29) is 48.2 Å². The van der Waals surface area contributed by atoms with Crippen molar-refractivity contribution in [3.63, 3.8) is 0 Å². The van der Waals surface area contributed by atoms with Gasteiger partial charge in [0.1, 0.15) is 12.1 Å². The smallest absolute Gasteiger partial charge is 0.329 e. The first-order valence-corrected chi connectivity index (χ1v) is 16.2. The van der Waals surface area contributed by atoms with Crippen LogP contribution in [0.4, 0.5) is 0 Å². The fraction of sp³-hybridized carbons (Fsp3) is 0.656. The summed E-state index contributed by atoms with van der Waals surface area (Å²) in [5, 5.41) is 5.95. The van der Waals surface area contributed by atoms with Crippen LogP contribution in [0.15, 0.2) is 30.4 Å². The zero-order chi connectivity index (χ0) is 30.0. The number of hydrogen-bond acceptors (Lipinski definition) is 7. The SMILES string of the molecule is CCCCCCCC(=O)SCC/C=C/[C@@H]1CC(=O)NCc2cccc(n2)CC(CC)CC(=O)N[C@@H](C(C)C)C(=O)O1. The van der Waals surface area contributed by atoms with Crippen molar-refractivity contribution >= 4 is 34.7 Å². The van der Waals surface area contributed by atoms with Crippen molar-refractivity contribution in [1.82, 2.24) is 15.6 Å². The van der Waals surface area contributed by atoms with E-state index in [4.69, 9.17) is 4.74 Å². The van der Waals surface area contributed by atoms with Gasteiger partial charge in [-0.2, -0.15) is 0 Å². The molecule has 0 aromatic carbocycles. The predicted molar refractivity (Wildman–Crippen MR) is 164 cm³/mol. The summed E-state index contributed by atoms with van der Waals surface area (Å²) in [6, 6.07) is 4.88. The summed E-state index contributed by atoms with van der Waals surface area (Å²) >= 11 is 1.32. The Hall–Kier alpha value is -2.68. The lowest BCUT2D eigenvalue weighted by molar-refractivity contribution is -0.153. The number of carbonyl (C=O) groups is 4. The molecule has 228 valence electrons. The van der Waals surface area contributed by atoms with Gasteiger partial charge in [0.25, 0.3) is 0 Å². The molecule has 1 aliphatic heterocycles. The molecule has 1 aromatic heterocycles. The Morgan fingerprint density at radius 2 is 1.80 bits per heavy atom. The van der Waals surface area contributed by atoms with Crippen molar-refractivity contribution in [1.29, 1.82) is 0 Å². The fourth-order valence-electron chi connectivity index (χ4n) is 4.64. The Morgan fingerprint density at radius 1 is 1.05 bits per heavy atom. The molecule has 0 aliphatic carbocycles. The minimum absolute atomic E-state index is 0.0531. The van der Waals surface area contributed by atoms with E-state index >= 15 is 0 Å². The Labute approximate surface area is 250 Å². The van der Waals surface area contributed by atoms with Gasteiger partial charge >= 0.3 is 5.97 Å². The third-order valence-corrected chi connectivity index (χ3v) is 8.12. The van der Waals surface area contributed by atoms with Crippen LogP contribution in [0.1, 0.15) is 103 Å². The molecule has 0 saturated carbocycles. The van der Waals surface area contributed by atoms with Crippen LogP contribution in [-0.4, -0.2) is 45.8 Å². The maximum atomic E-state index is 13.2. The number of esters is 1. The van der Waals surface area contributed by atoms with Gasteiger partial charge < -0.3 is 15.4 Å². The van der Waals surface area contributed by atoms with Gasteiger partial charge in [0, 0.05) is 24.3 Å². The van der Waals surface area contributed by atoms with Gasteiger partial charge in [-0.15, -0.1) is 0 Å². The number of hydrogen-bond donors (Lipinski definition) is 2. The molecule has 0 spiro atoms. The van der Waals surface area contributed by atoms with E-state index in [9.17, 15) is 19.2 Å². The van der Waals surface area contributed by atoms with Gasteiger partial charge in [-0.3, -0.25) is 19.4 Å². The molecule has 0 saturated heterocycles. The monoisotopic (exact) mass is 587 g/mol. The van der Waals surface area contributed by atoms with E-state index in [1.165, 1.54) is 31.0 Å². The van der Waals surface area contributed by atoms with Crippen LogP contribution < -0.4 is 10.6 Å². The van der Waals surface area contributed by atoms with Crippen molar-refractivity contribution in [2.24, 2.45) is 11.8 Å². The second-order valence-corrected chi connectivity index (χ2v) is 12.3. The molecular weight excluding hydrogens is 538 g/mol. The molecule has 9 heteroatoms. The number of carbonyl (C=O) groups excluding carboxylic acids is 4. The highest BCUT2D eigenvalue weighted by Crippen LogP contribution is 2.18. The third kappa shape index (κ3) is 14.2. The van der Waals surface area contributed by atoms with E-state index in [2.05, 4.69) is 22.5 Å². The summed E-state index contributed by atoms with van der Waals surface area (Å²) in [5.41, 5.74) is 1.61. The maximum Gasteiger partial charge on any atom is 0.329 e. The topological polar surface area (TPSA) is 114 Å². The lowest BCUT2D eigenvalue weighted by atomic mass is 9.95. The van der Waals surface area contributed by atoms with Crippen molar-refractivity contribution in [3.05, 3.63) is 41.7 Å². The normalized spacial score (nSPS) is 21.0. The van der Waals surface area contributed by atoms with Crippen molar-refractivity contribution in [2.75, 3.05) is 5.75 Å². The molecule has 2 heterocycles. The van der Waals surface area contributed by atoms with Gasteiger partial charge in [0.05, 0.1) is 18.7 Å². The number of rotatable bonds is 12. The van der Waals surface area contributed by atoms with Crippen molar-refractivity contribution in [3.8, 4) is 0 Å². The second-order valence-electron chi connectivity index (χ2n) is 11.1. The summed E-state index contributed by atoms with van der Waals surface area (Å²) in [6.45, 7) is 8.18. The highest BCUT2D eigenvalue weighted by molar-refractivity contribution is 8.13. The Morgan fingerprint density at radius 3 is 2.54 bits per heavy atom. The minimum atomic E-state index is -0.821. The van der Waals surface area contributed by atoms with Crippen LogP contribution in [0.3, 0.4) is 0 Å². The second kappa shape index (κ2) is 19.4. The fourth-order valence-corrected chi connectivity index (χ4v) is 5.41. The zero-order valence-electron chi connectivity index (χ0n) is 25.3. The Bertz CT molecular complexity index is 1010. The lowest BCUT2D eigenvalue weighted by Gasteiger charge is -2.25.